The van der Waals surface area contributed by atoms with Crippen molar-refractivity contribution in [2.45, 2.75) is 77.7 Å². The van der Waals surface area contributed by atoms with Gasteiger partial charge in [-0.2, -0.15) is 0 Å². The molecule has 0 bridgehead atoms. The number of carboxylic acid groups (broad SMARTS) is 1. The van der Waals surface area contributed by atoms with Crippen molar-refractivity contribution in [3.63, 3.8) is 0 Å². The lowest BCUT2D eigenvalue weighted by Crippen LogP contribution is -2.47. The van der Waals surface area contributed by atoms with Crippen molar-refractivity contribution in [3.05, 3.63) is 65.2 Å². The first-order valence-electron chi connectivity index (χ1n) is 13.8. The van der Waals surface area contributed by atoms with Gasteiger partial charge in [0.25, 0.3) is 5.91 Å². The Morgan fingerprint density at radius 1 is 1.15 bits per heavy atom. The Hall–Kier alpha value is -3.88. The van der Waals surface area contributed by atoms with E-state index < -0.39 is 35.1 Å². The number of fused-ring (bicyclic) bond motifs is 2. The second-order valence-corrected chi connectivity index (χ2v) is 12.2. The molecule has 1 saturated carbocycles. The molecule has 0 radical (unpaired) electrons. The van der Waals surface area contributed by atoms with Gasteiger partial charge in [-0.1, -0.05) is 57.2 Å². The van der Waals surface area contributed by atoms with Crippen LogP contribution in [0.25, 0.3) is 0 Å². The molecule has 1 aliphatic heterocycles. The zero-order chi connectivity index (χ0) is 28.8. The van der Waals surface area contributed by atoms with E-state index in [0.717, 1.165) is 28.9 Å². The maximum Gasteiger partial charge on any atom is 0.418 e. The van der Waals surface area contributed by atoms with Crippen LogP contribution in [-0.2, 0) is 37.7 Å². The van der Waals surface area contributed by atoms with Crippen molar-refractivity contribution in [1.82, 2.24) is 9.80 Å². The Labute approximate surface area is 234 Å². The molecular weight excluding hydrogens is 512 g/mol. The fraction of sp³-hybridized carbons (Fsp3) is 0.484. The fourth-order valence-electron chi connectivity index (χ4n) is 5.74. The van der Waals surface area contributed by atoms with E-state index in [1.165, 1.54) is 0 Å². The minimum atomic E-state index is -1.49. The summed E-state index contributed by atoms with van der Waals surface area (Å²) < 4.78 is 11.5. The second kappa shape index (κ2) is 10.3. The van der Waals surface area contributed by atoms with E-state index in [2.05, 4.69) is 0 Å². The summed E-state index contributed by atoms with van der Waals surface area (Å²) in [7, 11) is 0. The number of carbonyl (C=O) groups excluding carboxylic acids is 3. The summed E-state index contributed by atoms with van der Waals surface area (Å²) in [6.45, 7) is 7.39. The molecule has 2 aromatic carbocycles. The molecule has 9 nitrogen and oxygen atoms in total. The predicted octanol–water partition coefficient (Wildman–Crippen LogP) is 4.51. The number of imide groups is 1. The Kier molecular flexibility index (Phi) is 7.10. The Balaban J connectivity index is 1.34. The summed E-state index contributed by atoms with van der Waals surface area (Å²) in [5.74, 6) is -1.13. The molecule has 212 valence electrons. The van der Waals surface area contributed by atoms with Crippen LogP contribution in [0.2, 0.25) is 0 Å². The highest BCUT2D eigenvalue weighted by molar-refractivity contribution is 6.06. The Morgan fingerprint density at radius 2 is 1.85 bits per heavy atom. The van der Waals surface area contributed by atoms with Crippen molar-refractivity contribution in [2.24, 2.45) is 11.3 Å². The zero-order valence-corrected chi connectivity index (χ0v) is 23.4. The van der Waals surface area contributed by atoms with Crippen LogP contribution in [0.5, 0.6) is 5.75 Å². The average molecular weight is 549 g/mol. The highest BCUT2D eigenvalue weighted by Crippen LogP contribution is 2.46. The number of hydrogen-bond donors (Lipinski definition) is 1. The number of nitrogens with zero attached hydrogens (tertiary/aromatic N) is 2. The highest BCUT2D eigenvalue weighted by Gasteiger charge is 2.58. The van der Waals surface area contributed by atoms with Gasteiger partial charge in [0.2, 0.25) is 11.5 Å². The third-order valence-electron chi connectivity index (χ3n) is 8.20. The quantitative estimate of drug-likeness (QED) is 0.490. The molecule has 2 aromatic rings. The molecule has 40 heavy (non-hydrogen) atoms. The molecule has 2 unspecified atom stereocenters. The number of benzene rings is 2. The molecule has 2 fully saturated rings. The lowest BCUT2D eigenvalue weighted by atomic mass is 9.89. The van der Waals surface area contributed by atoms with Gasteiger partial charge in [-0.25, -0.2) is 14.5 Å². The smallest absolute Gasteiger partial charge is 0.418 e. The van der Waals surface area contributed by atoms with Crippen LogP contribution in [0, 0.1) is 11.3 Å². The monoisotopic (exact) mass is 548 g/mol. The fourth-order valence-corrected chi connectivity index (χ4v) is 5.74. The largest absolute Gasteiger partial charge is 0.478 e. The van der Waals surface area contributed by atoms with E-state index in [1.807, 2.05) is 37.3 Å². The molecule has 9 heteroatoms. The number of amides is 3. The van der Waals surface area contributed by atoms with Gasteiger partial charge in [-0.3, -0.25) is 9.59 Å². The van der Waals surface area contributed by atoms with Crippen LogP contribution >= 0.6 is 0 Å². The lowest BCUT2D eigenvalue weighted by Gasteiger charge is -2.30. The number of aryl methyl sites for hydroxylation is 1. The van der Waals surface area contributed by atoms with Gasteiger partial charge in [0.15, 0.2) is 6.10 Å². The molecule has 1 saturated heterocycles. The molecule has 0 aromatic heterocycles. The lowest BCUT2D eigenvalue weighted by molar-refractivity contribution is -0.150. The Bertz CT molecular complexity index is 1330. The van der Waals surface area contributed by atoms with E-state index in [9.17, 15) is 24.3 Å². The number of carbonyl (C=O) groups is 4. The van der Waals surface area contributed by atoms with Gasteiger partial charge in [-0.15, -0.1) is 0 Å². The van der Waals surface area contributed by atoms with E-state index in [-0.39, 0.29) is 24.9 Å². The number of aliphatic carboxylic acids is 1. The zero-order valence-electron chi connectivity index (χ0n) is 23.4. The van der Waals surface area contributed by atoms with Crippen LogP contribution in [0.1, 0.15) is 63.6 Å². The number of carboxylic acids is 1. The summed E-state index contributed by atoms with van der Waals surface area (Å²) in [6, 6.07) is 14.6. The first kappa shape index (κ1) is 27.7. The number of hydrogen-bond acceptors (Lipinski definition) is 6. The van der Waals surface area contributed by atoms with Crippen molar-refractivity contribution < 1.29 is 33.8 Å². The van der Waals surface area contributed by atoms with Crippen molar-refractivity contribution in [2.75, 3.05) is 6.54 Å². The molecule has 1 spiro atoms. The summed E-state index contributed by atoms with van der Waals surface area (Å²) in [5.41, 5.74) is 0.144. The van der Waals surface area contributed by atoms with Crippen molar-refractivity contribution in [1.29, 1.82) is 0 Å². The summed E-state index contributed by atoms with van der Waals surface area (Å²) in [6.07, 6.45) is 0.904. The highest BCUT2D eigenvalue weighted by atomic mass is 16.6. The maximum absolute atomic E-state index is 13.7. The minimum absolute atomic E-state index is 0.0104. The van der Waals surface area contributed by atoms with E-state index in [4.69, 9.17) is 9.47 Å². The molecule has 3 aliphatic rings. The molecule has 1 N–H and O–H groups in total. The summed E-state index contributed by atoms with van der Waals surface area (Å²) in [4.78, 5) is 54.7. The van der Waals surface area contributed by atoms with Gasteiger partial charge in [0.1, 0.15) is 12.3 Å². The van der Waals surface area contributed by atoms with E-state index >= 15 is 0 Å². The average Bonchev–Trinajstić information content (AvgIpc) is 3.66. The van der Waals surface area contributed by atoms with Crippen LogP contribution in [0.15, 0.2) is 48.5 Å². The molecule has 2 aliphatic carbocycles. The molecular formula is C31H36N2O7. The molecule has 3 atom stereocenters. The standard InChI is InChI=1S/C31H36N2O7/c1-19(21-10-11-21)32(17-20-8-6-5-7-9-20)25(34)18-33-28(37)31(40-29(33)38)15-14-22-16-23(12-13-24(22)31)39-26(27(35)36)30(2,3)4/h5-9,12-13,16,19,21,26H,10-11,14-15,17-18H2,1-4H3,(H,35,36)/t19-,26?,31?/m0/s1. The van der Waals surface area contributed by atoms with Gasteiger partial charge in [0, 0.05) is 30.0 Å². The van der Waals surface area contributed by atoms with Crippen LogP contribution < -0.4 is 4.74 Å². The van der Waals surface area contributed by atoms with Gasteiger partial charge < -0.3 is 19.5 Å². The van der Waals surface area contributed by atoms with Crippen molar-refractivity contribution >= 4 is 23.9 Å². The molecule has 3 amide bonds. The van der Waals surface area contributed by atoms with Crippen LogP contribution in [-0.4, -0.2) is 57.5 Å². The second-order valence-electron chi connectivity index (χ2n) is 12.2. The van der Waals surface area contributed by atoms with Crippen LogP contribution in [0.4, 0.5) is 4.79 Å². The predicted molar refractivity (Wildman–Crippen MR) is 145 cm³/mol. The van der Waals surface area contributed by atoms with Crippen molar-refractivity contribution in [3.8, 4) is 5.75 Å². The SMILES string of the molecule is C[C@@H](C1CC1)N(Cc1ccccc1)C(=O)CN1C(=O)OC2(CCc3cc(OC(C(=O)O)C(C)(C)C)ccc32)C1=O. The Morgan fingerprint density at radius 3 is 2.48 bits per heavy atom. The van der Waals surface area contributed by atoms with E-state index in [0.29, 0.717) is 30.2 Å². The molecule has 5 rings (SSSR count). The van der Waals surface area contributed by atoms with Gasteiger partial charge in [-0.05, 0) is 55.4 Å². The normalized spacial score (nSPS) is 21.6. The minimum Gasteiger partial charge on any atom is -0.478 e. The third kappa shape index (κ3) is 5.17. The summed E-state index contributed by atoms with van der Waals surface area (Å²) in [5, 5.41) is 9.62. The third-order valence-corrected chi connectivity index (χ3v) is 8.20. The topological polar surface area (TPSA) is 113 Å². The number of ether oxygens (including phenoxy) is 2. The number of rotatable bonds is 9. The first-order chi connectivity index (χ1) is 18.9. The van der Waals surface area contributed by atoms with Gasteiger partial charge >= 0.3 is 12.1 Å². The van der Waals surface area contributed by atoms with E-state index in [1.54, 1.807) is 43.9 Å². The maximum atomic E-state index is 13.7. The molecule has 1 heterocycles. The summed E-state index contributed by atoms with van der Waals surface area (Å²) >= 11 is 0. The van der Waals surface area contributed by atoms with Gasteiger partial charge in [0.05, 0.1) is 0 Å². The first-order valence-corrected chi connectivity index (χ1v) is 13.8. The van der Waals surface area contributed by atoms with Crippen LogP contribution in [0.3, 0.4) is 0 Å².